The van der Waals surface area contributed by atoms with Gasteiger partial charge >= 0.3 is 0 Å². The van der Waals surface area contributed by atoms with E-state index in [0.29, 0.717) is 0 Å². The van der Waals surface area contributed by atoms with Gasteiger partial charge in [-0.05, 0) is 111 Å². The summed E-state index contributed by atoms with van der Waals surface area (Å²) in [6.45, 7) is 0. The van der Waals surface area contributed by atoms with Gasteiger partial charge in [0.25, 0.3) is 0 Å². The second-order valence-corrected chi connectivity index (χ2v) is 16.8. The fourth-order valence-electron chi connectivity index (χ4n) is 9.24. The van der Waals surface area contributed by atoms with E-state index in [9.17, 15) is 0 Å². The molecule has 0 atom stereocenters. The average Bonchev–Trinajstić information content (AvgIpc) is 3.87. The topological polar surface area (TPSA) is 8.17 Å². The Hall–Kier alpha value is -7.72. The second-order valence-electron chi connectivity index (χ2n) is 15.7. The van der Waals surface area contributed by atoms with Crippen LogP contribution in [0.2, 0.25) is 0 Å². The summed E-state index contributed by atoms with van der Waals surface area (Å²) in [7, 11) is 0. The molecule has 0 unspecified atom stereocenters. The molecular weight excluding hydrogens is 757 g/mol. The van der Waals surface area contributed by atoms with Crippen LogP contribution in [0.25, 0.3) is 91.8 Å². The van der Waals surface area contributed by atoms with Gasteiger partial charge < -0.3 is 9.47 Å². The van der Waals surface area contributed by atoms with Crippen LogP contribution in [0.4, 0.5) is 17.1 Å². The number of fused-ring (bicyclic) bond motifs is 7. The number of aromatic nitrogens is 1. The minimum absolute atomic E-state index is 1.10. The lowest BCUT2D eigenvalue weighted by Crippen LogP contribution is -2.09. The summed E-state index contributed by atoms with van der Waals surface area (Å²) in [6, 6.07) is 84.2. The van der Waals surface area contributed by atoms with Crippen LogP contribution in [0.1, 0.15) is 0 Å². The maximum absolute atomic E-state index is 2.42. The number of benzene rings is 10. The maximum atomic E-state index is 2.42. The molecule has 0 bridgehead atoms. The lowest BCUT2D eigenvalue weighted by atomic mass is 9.97. The van der Waals surface area contributed by atoms with Crippen LogP contribution >= 0.6 is 11.3 Å². The number of anilines is 3. The Morgan fingerprint density at radius 3 is 1.61 bits per heavy atom. The average molecular weight is 795 g/mol. The van der Waals surface area contributed by atoms with Gasteiger partial charge in [-0.1, -0.05) is 158 Å². The van der Waals surface area contributed by atoms with E-state index in [2.05, 4.69) is 240 Å². The summed E-state index contributed by atoms with van der Waals surface area (Å²) in [5.41, 5.74) is 14.1. The van der Waals surface area contributed by atoms with Crippen LogP contribution < -0.4 is 4.90 Å². The Morgan fingerprint density at radius 1 is 0.311 bits per heavy atom. The SMILES string of the molecule is c1cc(-c2ccc(N(c3ccc(-c4ccccc4-n4c5ccccc5c5ccccc54)cc3)c3ccc4c(c3)sc3ccccc34)cc2)cc(-c2ccc3ccccc3c2)c1. The Morgan fingerprint density at radius 2 is 0.852 bits per heavy atom. The molecule has 61 heavy (non-hydrogen) atoms. The van der Waals surface area contributed by atoms with Crippen LogP contribution in [0.5, 0.6) is 0 Å². The van der Waals surface area contributed by atoms with Gasteiger partial charge in [-0.15, -0.1) is 11.3 Å². The Balaban J connectivity index is 0.943. The molecule has 0 aliphatic heterocycles. The molecule has 0 saturated heterocycles. The monoisotopic (exact) mass is 794 g/mol. The van der Waals surface area contributed by atoms with Crippen molar-refractivity contribution < 1.29 is 0 Å². The lowest BCUT2D eigenvalue weighted by molar-refractivity contribution is 1.18. The zero-order chi connectivity index (χ0) is 40.3. The van der Waals surface area contributed by atoms with Crippen LogP contribution in [-0.4, -0.2) is 4.57 Å². The Kier molecular flexibility index (Phi) is 8.39. The van der Waals surface area contributed by atoms with E-state index in [4.69, 9.17) is 0 Å². The summed E-state index contributed by atoms with van der Waals surface area (Å²) < 4.78 is 5.00. The first kappa shape index (κ1) is 35.2. The highest BCUT2D eigenvalue weighted by Crippen LogP contribution is 2.43. The standard InChI is InChI=1S/C58H38N2S/c1-2-13-42-37-45(25-24-39(42)12-1)44-15-11-14-43(36-44)40-26-30-46(31-27-40)59(48-34-35-53-52-19-6-10-23-57(52)61-58(53)38-48)47-32-28-41(29-33-47)49-16-3-7-20-54(49)60-55-21-8-4-17-50(55)51-18-5-9-22-56(51)60/h1-38H. The molecule has 0 aliphatic carbocycles. The Labute approximate surface area is 358 Å². The molecule has 0 N–H and O–H groups in total. The normalized spacial score (nSPS) is 11.6. The van der Waals surface area contributed by atoms with Gasteiger partial charge in [0, 0.05) is 53.6 Å². The third-order valence-corrected chi connectivity index (χ3v) is 13.3. The summed E-state index contributed by atoms with van der Waals surface area (Å²) >= 11 is 1.86. The summed E-state index contributed by atoms with van der Waals surface area (Å²) in [6.07, 6.45) is 0. The van der Waals surface area contributed by atoms with Crippen molar-refractivity contribution in [2.24, 2.45) is 0 Å². The number of thiophene rings is 1. The van der Waals surface area contributed by atoms with E-state index >= 15 is 0 Å². The van der Waals surface area contributed by atoms with Crippen LogP contribution in [0.3, 0.4) is 0 Å². The summed E-state index contributed by atoms with van der Waals surface area (Å²) in [5, 5.41) is 7.64. The molecule has 0 amide bonds. The van der Waals surface area contributed by atoms with Crippen molar-refractivity contribution in [2.45, 2.75) is 0 Å². The first-order valence-electron chi connectivity index (χ1n) is 20.8. The van der Waals surface area contributed by atoms with E-state index in [1.807, 2.05) is 11.3 Å². The van der Waals surface area contributed by atoms with E-state index in [1.165, 1.54) is 91.8 Å². The number of hydrogen-bond acceptors (Lipinski definition) is 2. The second kappa shape index (κ2) is 14.5. The van der Waals surface area contributed by atoms with E-state index < -0.39 is 0 Å². The highest BCUT2D eigenvalue weighted by Gasteiger charge is 2.18. The smallest absolute Gasteiger partial charge is 0.0541 e. The minimum Gasteiger partial charge on any atom is -0.310 e. The number of rotatable bonds is 7. The van der Waals surface area contributed by atoms with Crippen LogP contribution in [0, 0.1) is 0 Å². The zero-order valence-electron chi connectivity index (χ0n) is 33.2. The molecule has 0 aliphatic rings. The molecule has 0 fully saturated rings. The van der Waals surface area contributed by atoms with E-state index in [0.717, 1.165) is 17.1 Å². The van der Waals surface area contributed by atoms with Crippen molar-refractivity contribution in [3.8, 4) is 39.1 Å². The molecule has 12 aromatic rings. The van der Waals surface area contributed by atoms with Gasteiger partial charge in [0.05, 0.1) is 16.7 Å². The summed E-state index contributed by atoms with van der Waals surface area (Å²) in [5.74, 6) is 0. The molecule has 2 aromatic heterocycles. The highest BCUT2D eigenvalue weighted by atomic mass is 32.1. The van der Waals surface area contributed by atoms with Crippen molar-refractivity contribution in [2.75, 3.05) is 4.90 Å². The molecule has 0 radical (unpaired) electrons. The third-order valence-electron chi connectivity index (χ3n) is 12.2. The van der Waals surface area contributed by atoms with Crippen molar-refractivity contribution in [1.82, 2.24) is 4.57 Å². The van der Waals surface area contributed by atoms with Crippen molar-refractivity contribution >= 4 is 81.1 Å². The molecular formula is C58H38N2S. The molecule has 12 rings (SSSR count). The third kappa shape index (κ3) is 6.09. The number of hydrogen-bond donors (Lipinski definition) is 0. The number of para-hydroxylation sites is 3. The van der Waals surface area contributed by atoms with Gasteiger partial charge in [0.15, 0.2) is 0 Å². The maximum Gasteiger partial charge on any atom is 0.0541 e. The van der Waals surface area contributed by atoms with Crippen molar-refractivity contribution in [1.29, 1.82) is 0 Å². The molecule has 2 heterocycles. The largest absolute Gasteiger partial charge is 0.310 e. The molecule has 2 nitrogen and oxygen atoms in total. The predicted octanol–water partition coefficient (Wildman–Crippen LogP) is 16.8. The van der Waals surface area contributed by atoms with Gasteiger partial charge in [-0.2, -0.15) is 0 Å². The first-order valence-corrected chi connectivity index (χ1v) is 21.6. The Bertz CT molecular complexity index is 3540. The minimum atomic E-state index is 1.10. The first-order chi connectivity index (χ1) is 30.2. The molecule has 3 heteroatoms. The van der Waals surface area contributed by atoms with Crippen molar-refractivity contribution in [3.05, 3.63) is 231 Å². The van der Waals surface area contributed by atoms with Crippen LogP contribution in [0.15, 0.2) is 231 Å². The molecule has 0 spiro atoms. The van der Waals surface area contributed by atoms with E-state index in [1.54, 1.807) is 0 Å². The van der Waals surface area contributed by atoms with Crippen molar-refractivity contribution in [3.63, 3.8) is 0 Å². The van der Waals surface area contributed by atoms with Crippen LogP contribution in [-0.2, 0) is 0 Å². The molecule has 10 aromatic carbocycles. The predicted molar refractivity (Wildman–Crippen MR) is 262 cm³/mol. The summed E-state index contributed by atoms with van der Waals surface area (Å²) in [4.78, 5) is 2.39. The quantitative estimate of drug-likeness (QED) is 0.156. The fraction of sp³-hybridized carbons (Fsp3) is 0. The van der Waals surface area contributed by atoms with Gasteiger partial charge in [-0.3, -0.25) is 0 Å². The molecule has 0 saturated carbocycles. The number of nitrogens with zero attached hydrogens (tertiary/aromatic N) is 2. The van der Waals surface area contributed by atoms with Gasteiger partial charge in [0.2, 0.25) is 0 Å². The van der Waals surface area contributed by atoms with E-state index in [-0.39, 0.29) is 0 Å². The van der Waals surface area contributed by atoms with Gasteiger partial charge in [0.1, 0.15) is 0 Å². The lowest BCUT2D eigenvalue weighted by Gasteiger charge is -2.26. The fourth-order valence-corrected chi connectivity index (χ4v) is 10.4. The molecule has 286 valence electrons. The van der Waals surface area contributed by atoms with Gasteiger partial charge in [-0.25, -0.2) is 0 Å². The zero-order valence-corrected chi connectivity index (χ0v) is 34.1. The highest BCUT2D eigenvalue weighted by molar-refractivity contribution is 7.25.